The maximum absolute atomic E-state index is 12.0. The van der Waals surface area contributed by atoms with E-state index in [4.69, 9.17) is 0 Å². The summed E-state index contributed by atoms with van der Waals surface area (Å²) < 4.78 is 41.2. The molecule has 1 heterocycles. The molecule has 1 aromatic carbocycles. The van der Waals surface area contributed by atoms with E-state index in [1.54, 1.807) is 19.2 Å². The molecule has 1 aromatic heterocycles. The van der Waals surface area contributed by atoms with Crippen LogP contribution in [0.15, 0.2) is 29.4 Å². The standard InChI is InChI=1S/C10H9F3N4OS/c1-17-9(14-15-16-17)19-6-7-2-4-8(5-3-7)18-10(11,12)13/h2-5H,6H2,1H3. The largest absolute Gasteiger partial charge is 0.573 e. The Morgan fingerprint density at radius 3 is 2.47 bits per heavy atom. The summed E-state index contributed by atoms with van der Waals surface area (Å²) in [6, 6.07) is 5.69. The molecule has 0 radical (unpaired) electrons. The number of alkyl halides is 3. The number of aromatic nitrogens is 4. The summed E-state index contributed by atoms with van der Waals surface area (Å²) in [7, 11) is 1.71. The topological polar surface area (TPSA) is 52.8 Å². The highest BCUT2D eigenvalue weighted by atomic mass is 32.2. The molecule has 2 rings (SSSR count). The molecule has 19 heavy (non-hydrogen) atoms. The van der Waals surface area contributed by atoms with Gasteiger partial charge < -0.3 is 4.74 Å². The van der Waals surface area contributed by atoms with E-state index in [1.165, 1.54) is 28.6 Å². The van der Waals surface area contributed by atoms with E-state index >= 15 is 0 Å². The molecule has 0 N–H and O–H groups in total. The van der Waals surface area contributed by atoms with Crippen molar-refractivity contribution in [3.05, 3.63) is 29.8 Å². The second-order valence-electron chi connectivity index (χ2n) is 3.57. The van der Waals surface area contributed by atoms with Crippen LogP contribution in [0.4, 0.5) is 13.2 Å². The highest BCUT2D eigenvalue weighted by molar-refractivity contribution is 7.98. The van der Waals surface area contributed by atoms with Crippen LogP contribution in [0.5, 0.6) is 5.75 Å². The van der Waals surface area contributed by atoms with E-state index < -0.39 is 6.36 Å². The van der Waals surface area contributed by atoms with E-state index in [-0.39, 0.29) is 5.75 Å². The third-order valence-electron chi connectivity index (χ3n) is 2.11. The van der Waals surface area contributed by atoms with Gasteiger partial charge in [0, 0.05) is 12.8 Å². The molecule has 0 aliphatic heterocycles. The fourth-order valence-corrected chi connectivity index (χ4v) is 2.08. The Labute approximate surface area is 110 Å². The molecule has 0 saturated carbocycles. The van der Waals surface area contributed by atoms with Crippen LogP contribution in [0.3, 0.4) is 0 Å². The van der Waals surface area contributed by atoms with Gasteiger partial charge in [0.1, 0.15) is 5.75 Å². The molecule has 0 aliphatic carbocycles. The van der Waals surface area contributed by atoms with Crippen molar-refractivity contribution in [3.63, 3.8) is 0 Å². The molecule has 102 valence electrons. The molecule has 9 heteroatoms. The lowest BCUT2D eigenvalue weighted by Crippen LogP contribution is -2.16. The lowest BCUT2D eigenvalue weighted by molar-refractivity contribution is -0.274. The Bertz CT molecular complexity index is 540. The quantitative estimate of drug-likeness (QED) is 0.809. The van der Waals surface area contributed by atoms with Gasteiger partial charge in [-0.2, -0.15) is 0 Å². The Balaban J connectivity index is 1.94. The first kappa shape index (κ1) is 13.7. The van der Waals surface area contributed by atoms with E-state index in [2.05, 4.69) is 20.3 Å². The smallest absolute Gasteiger partial charge is 0.406 e. The SMILES string of the molecule is Cn1nnnc1SCc1ccc(OC(F)(F)F)cc1. The molecular formula is C10H9F3N4OS. The summed E-state index contributed by atoms with van der Waals surface area (Å²) in [6.45, 7) is 0. The van der Waals surface area contributed by atoms with Crippen molar-refractivity contribution in [2.45, 2.75) is 17.3 Å². The van der Waals surface area contributed by atoms with Crippen molar-refractivity contribution >= 4 is 11.8 Å². The van der Waals surface area contributed by atoms with Gasteiger partial charge in [-0.05, 0) is 28.1 Å². The molecule has 5 nitrogen and oxygen atoms in total. The van der Waals surface area contributed by atoms with E-state index in [0.717, 1.165) is 5.56 Å². The maximum atomic E-state index is 12.0. The van der Waals surface area contributed by atoms with Crippen molar-refractivity contribution in [2.24, 2.45) is 7.05 Å². The van der Waals surface area contributed by atoms with Gasteiger partial charge in [0.05, 0.1) is 0 Å². The zero-order valence-corrected chi connectivity index (χ0v) is 10.6. The number of rotatable bonds is 4. The maximum Gasteiger partial charge on any atom is 0.573 e. The molecule has 0 unspecified atom stereocenters. The predicted octanol–water partition coefficient (Wildman–Crippen LogP) is 2.40. The van der Waals surface area contributed by atoms with Crippen LogP contribution in [0, 0.1) is 0 Å². The minimum atomic E-state index is -4.67. The normalized spacial score (nSPS) is 11.6. The fraction of sp³-hybridized carbons (Fsp3) is 0.300. The van der Waals surface area contributed by atoms with Gasteiger partial charge in [-0.25, -0.2) is 4.68 Å². The number of halogens is 3. The van der Waals surface area contributed by atoms with Crippen molar-refractivity contribution in [2.75, 3.05) is 0 Å². The third-order valence-corrected chi connectivity index (χ3v) is 3.19. The molecule has 0 amide bonds. The average molecular weight is 290 g/mol. The molecule has 0 bridgehead atoms. The van der Waals surface area contributed by atoms with Crippen molar-refractivity contribution in [1.82, 2.24) is 20.2 Å². The van der Waals surface area contributed by atoms with Gasteiger partial charge >= 0.3 is 6.36 Å². The number of ether oxygens (including phenoxy) is 1. The van der Waals surface area contributed by atoms with E-state index in [9.17, 15) is 13.2 Å². The van der Waals surface area contributed by atoms with E-state index in [0.29, 0.717) is 10.9 Å². The van der Waals surface area contributed by atoms with Crippen LogP contribution in [-0.2, 0) is 12.8 Å². The highest BCUT2D eigenvalue weighted by Gasteiger charge is 2.30. The van der Waals surface area contributed by atoms with Crippen LogP contribution >= 0.6 is 11.8 Å². The Morgan fingerprint density at radius 1 is 1.26 bits per heavy atom. The molecule has 0 aliphatic rings. The van der Waals surface area contributed by atoms with Crippen LogP contribution in [0.25, 0.3) is 0 Å². The van der Waals surface area contributed by atoms with E-state index in [1.807, 2.05) is 0 Å². The zero-order valence-electron chi connectivity index (χ0n) is 9.76. The summed E-state index contributed by atoms with van der Waals surface area (Å²) in [6.07, 6.45) is -4.67. The monoisotopic (exact) mass is 290 g/mol. The first-order chi connectivity index (χ1) is 8.94. The number of nitrogens with zero attached hydrogens (tertiary/aromatic N) is 4. The second kappa shape index (κ2) is 5.47. The van der Waals surface area contributed by atoms with Gasteiger partial charge in [-0.1, -0.05) is 23.9 Å². The highest BCUT2D eigenvalue weighted by Crippen LogP contribution is 2.25. The number of aryl methyl sites for hydroxylation is 1. The first-order valence-electron chi connectivity index (χ1n) is 5.14. The summed E-state index contributed by atoms with van der Waals surface area (Å²) in [5.41, 5.74) is 0.850. The summed E-state index contributed by atoms with van der Waals surface area (Å²) in [5.74, 6) is 0.321. The molecule has 0 atom stereocenters. The lowest BCUT2D eigenvalue weighted by Gasteiger charge is -2.09. The zero-order chi connectivity index (χ0) is 13.9. The first-order valence-corrected chi connectivity index (χ1v) is 6.12. The van der Waals surface area contributed by atoms with Gasteiger partial charge in [0.25, 0.3) is 0 Å². The number of hydrogen-bond acceptors (Lipinski definition) is 5. The van der Waals surface area contributed by atoms with Crippen LogP contribution < -0.4 is 4.74 Å². The minimum absolute atomic E-state index is 0.235. The fourth-order valence-electron chi connectivity index (χ4n) is 1.28. The van der Waals surface area contributed by atoms with Crippen molar-refractivity contribution < 1.29 is 17.9 Å². The van der Waals surface area contributed by atoms with Gasteiger partial charge in [-0.3, -0.25) is 0 Å². The molecule has 2 aromatic rings. The van der Waals surface area contributed by atoms with Gasteiger partial charge in [-0.15, -0.1) is 18.3 Å². The number of hydrogen-bond donors (Lipinski definition) is 0. The van der Waals surface area contributed by atoms with Crippen molar-refractivity contribution in [1.29, 1.82) is 0 Å². The van der Waals surface area contributed by atoms with Gasteiger partial charge in [0.2, 0.25) is 5.16 Å². The Morgan fingerprint density at radius 2 is 1.95 bits per heavy atom. The Hall–Kier alpha value is -1.77. The lowest BCUT2D eigenvalue weighted by atomic mass is 10.2. The summed E-state index contributed by atoms with van der Waals surface area (Å²) in [4.78, 5) is 0. The minimum Gasteiger partial charge on any atom is -0.406 e. The number of benzene rings is 1. The molecule has 0 fully saturated rings. The predicted molar refractivity (Wildman–Crippen MR) is 61.5 cm³/mol. The molecule has 0 saturated heterocycles. The number of thioether (sulfide) groups is 1. The molecule has 0 spiro atoms. The third kappa shape index (κ3) is 4.12. The van der Waals surface area contributed by atoms with Crippen molar-refractivity contribution in [3.8, 4) is 5.75 Å². The summed E-state index contributed by atoms with van der Waals surface area (Å²) >= 11 is 1.39. The van der Waals surface area contributed by atoms with Crippen LogP contribution in [0.2, 0.25) is 0 Å². The summed E-state index contributed by atoms with van der Waals surface area (Å²) in [5, 5.41) is 11.6. The Kier molecular flexibility index (Phi) is 3.93. The second-order valence-corrected chi connectivity index (χ2v) is 4.51. The van der Waals surface area contributed by atoms with Crippen LogP contribution in [-0.4, -0.2) is 26.6 Å². The van der Waals surface area contributed by atoms with Crippen LogP contribution in [0.1, 0.15) is 5.56 Å². The molecular weight excluding hydrogens is 281 g/mol. The average Bonchev–Trinajstić information content (AvgIpc) is 2.72. The number of tetrazole rings is 1. The van der Waals surface area contributed by atoms with Gasteiger partial charge in [0.15, 0.2) is 0 Å².